The van der Waals surface area contributed by atoms with Crippen LogP contribution in [-0.4, -0.2) is 55.0 Å². The largest absolute Gasteiger partial charge is 0.344 e. The molecule has 2 aliphatic heterocycles. The summed E-state index contributed by atoms with van der Waals surface area (Å²) in [6.45, 7) is 12.5. The second-order valence-electron chi connectivity index (χ2n) is 8.99. The fraction of sp³-hybridized carbons (Fsp3) is 0.469. The highest BCUT2D eigenvalue weighted by Crippen LogP contribution is 2.19. The molecule has 0 aromatic heterocycles. The zero-order chi connectivity index (χ0) is 30.0. The zero-order valence-corrected chi connectivity index (χ0v) is 25.6. The minimum Gasteiger partial charge on any atom is -0.344 e. The van der Waals surface area contributed by atoms with Crippen LogP contribution in [0.3, 0.4) is 0 Å². The summed E-state index contributed by atoms with van der Waals surface area (Å²) in [5, 5.41) is 15.7. The molecule has 0 radical (unpaired) electrons. The maximum absolute atomic E-state index is 12.7. The lowest BCUT2D eigenvalue weighted by atomic mass is 9.96. The van der Waals surface area contributed by atoms with Crippen molar-refractivity contribution in [3.63, 3.8) is 0 Å². The number of carbonyl (C=O) groups excluding carboxylic acids is 3. The number of hydrogen-bond acceptors (Lipinski definition) is 6. The second-order valence-corrected chi connectivity index (χ2v) is 10.8. The summed E-state index contributed by atoms with van der Waals surface area (Å²) in [5.41, 5.74) is 2.46. The van der Waals surface area contributed by atoms with Gasteiger partial charge in [0.2, 0.25) is 17.7 Å². The van der Waals surface area contributed by atoms with E-state index in [4.69, 9.17) is 0 Å². The molecule has 0 bridgehead atoms. The van der Waals surface area contributed by atoms with Gasteiger partial charge in [0, 0.05) is 24.3 Å². The number of carbonyl (C=O) groups is 3. The Balaban J connectivity index is 0. The third-order valence-electron chi connectivity index (χ3n) is 5.58. The van der Waals surface area contributed by atoms with Crippen molar-refractivity contribution >= 4 is 41.2 Å². The van der Waals surface area contributed by atoms with Crippen molar-refractivity contribution in [2.75, 3.05) is 31.3 Å². The maximum atomic E-state index is 12.7. The molecular formula is C32H50N4O3S2. The van der Waals surface area contributed by atoms with Gasteiger partial charge < -0.3 is 21.3 Å². The fourth-order valence-corrected chi connectivity index (χ4v) is 4.95. The fourth-order valence-electron chi connectivity index (χ4n) is 3.59. The van der Waals surface area contributed by atoms with Gasteiger partial charge in [-0.1, -0.05) is 55.0 Å². The van der Waals surface area contributed by atoms with Gasteiger partial charge in [-0.05, 0) is 62.9 Å². The molecule has 1 fully saturated rings. The van der Waals surface area contributed by atoms with Crippen LogP contribution in [0, 0.1) is 18.8 Å². The van der Waals surface area contributed by atoms with E-state index >= 15 is 0 Å². The average molecular weight is 603 g/mol. The first-order valence-corrected chi connectivity index (χ1v) is 15.4. The molecule has 2 heterocycles. The number of nitrogens with one attached hydrogen (secondary N) is 4. The van der Waals surface area contributed by atoms with Crippen LogP contribution in [0.2, 0.25) is 0 Å². The number of terminal acetylenes is 1. The van der Waals surface area contributed by atoms with Gasteiger partial charge in [-0.3, -0.25) is 14.4 Å². The van der Waals surface area contributed by atoms with Crippen molar-refractivity contribution in [3.8, 4) is 12.8 Å². The Morgan fingerprint density at radius 2 is 1.80 bits per heavy atom. The van der Waals surface area contributed by atoms with E-state index in [2.05, 4.69) is 77.2 Å². The molecule has 0 aromatic rings. The molecule has 9 heteroatoms. The number of allylic oxidation sites excluding steroid dienone is 5. The van der Waals surface area contributed by atoms with Crippen LogP contribution in [0.15, 0.2) is 71.6 Å². The highest BCUT2D eigenvalue weighted by atomic mass is 32.2. The summed E-state index contributed by atoms with van der Waals surface area (Å²) in [7, 11) is 0. The normalized spacial score (nSPS) is 18.4. The maximum Gasteiger partial charge on any atom is 0.244 e. The van der Waals surface area contributed by atoms with Gasteiger partial charge in [-0.15, -0.1) is 49.5 Å². The van der Waals surface area contributed by atoms with E-state index in [1.807, 2.05) is 24.3 Å². The van der Waals surface area contributed by atoms with Crippen LogP contribution >= 0.6 is 23.5 Å². The topological polar surface area (TPSA) is 99.3 Å². The highest BCUT2D eigenvalue weighted by Gasteiger charge is 2.27. The van der Waals surface area contributed by atoms with E-state index in [0.717, 1.165) is 55.9 Å². The van der Waals surface area contributed by atoms with Gasteiger partial charge in [0.15, 0.2) is 0 Å². The van der Waals surface area contributed by atoms with Gasteiger partial charge in [0.05, 0.1) is 6.67 Å². The molecule has 0 unspecified atom stereocenters. The molecule has 1 atom stereocenters. The third-order valence-corrected chi connectivity index (χ3v) is 7.46. The Morgan fingerprint density at radius 1 is 1.12 bits per heavy atom. The third kappa shape index (κ3) is 21.5. The number of hydrogen-bond donors (Lipinski definition) is 4. The molecule has 41 heavy (non-hydrogen) atoms. The molecule has 0 aromatic carbocycles. The molecule has 4 N–H and O–H groups in total. The van der Waals surface area contributed by atoms with Crippen LogP contribution in [0.5, 0.6) is 0 Å². The van der Waals surface area contributed by atoms with E-state index in [1.165, 1.54) is 12.5 Å². The van der Waals surface area contributed by atoms with Crippen LogP contribution in [0.4, 0.5) is 0 Å². The van der Waals surface area contributed by atoms with Crippen LogP contribution in [0.25, 0.3) is 0 Å². The zero-order valence-electron chi connectivity index (χ0n) is 24.0. The Morgan fingerprint density at radius 3 is 2.44 bits per heavy atom. The van der Waals surface area contributed by atoms with Crippen molar-refractivity contribution in [1.29, 1.82) is 0 Å². The van der Waals surface area contributed by atoms with Crippen LogP contribution < -0.4 is 21.3 Å². The molecule has 2 aliphatic rings. The Hall–Kier alpha value is -2.93. The van der Waals surface area contributed by atoms with E-state index in [9.17, 15) is 14.4 Å². The highest BCUT2D eigenvalue weighted by molar-refractivity contribution is 8.02. The predicted molar refractivity (Wildman–Crippen MR) is 180 cm³/mol. The van der Waals surface area contributed by atoms with Gasteiger partial charge in [0.25, 0.3) is 0 Å². The molecule has 0 saturated carbocycles. The van der Waals surface area contributed by atoms with Gasteiger partial charge in [-0.25, -0.2) is 0 Å². The molecule has 1 saturated heterocycles. The van der Waals surface area contributed by atoms with E-state index in [0.29, 0.717) is 6.42 Å². The number of piperidine rings is 1. The first-order chi connectivity index (χ1) is 19.4. The molecule has 0 spiro atoms. The summed E-state index contributed by atoms with van der Waals surface area (Å²) < 4.78 is 0. The van der Waals surface area contributed by atoms with Crippen molar-refractivity contribution < 1.29 is 14.4 Å². The van der Waals surface area contributed by atoms with Crippen molar-refractivity contribution in [2.24, 2.45) is 5.92 Å². The molecule has 3 amide bonds. The van der Waals surface area contributed by atoms with Crippen molar-refractivity contribution in [3.05, 3.63) is 71.6 Å². The molecule has 7 nitrogen and oxygen atoms in total. The average Bonchev–Trinajstić information content (AvgIpc) is 3.08. The van der Waals surface area contributed by atoms with Gasteiger partial charge in [-0.2, -0.15) is 0 Å². The summed E-state index contributed by atoms with van der Waals surface area (Å²) in [6.07, 6.45) is 23.7. The second kappa shape index (κ2) is 27.3. The lowest BCUT2D eigenvalue weighted by Gasteiger charge is -2.25. The van der Waals surface area contributed by atoms with Gasteiger partial charge >= 0.3 is 0 Å². The molecule has 2 rings (SSSR count). The van der Waals surface area contributed by atoms with Crippen LogP contribution in [-0.2, 0) is 14.4 Å². The summed E-state index contributed by atoms with van der Waals surface area (Å²) in [6, 6.07) is -0.662. The smallest absolute Gasteiger partial charge is 0.244 e. The standard InChI is InChI=1S/C20H30N4O3S.C9H14S.C2H2.CH4/c1-15(25)22-14-23-20(27)18(24-19(26)17-7-9-21-10-8-17)12-16-6-4-2-3-5-11-28-13-16;1-4-6-9(3)8-10-7-5-2;1-2;/h2-5,13,17-18,21H,6-12,14H2,1H3,(H,22,25)(H,23,27)(H,24,26);4-5,8H,1-2,6-7H2,3H3;1-2H;1H4/b4-2-,5-3-,16-13+;9-8-;;/t18-;;;/m1.../s1. The lowest BCUT2D eigenvalue weighted by molar-refractivity contribution is -0.131. The van der Waals surface area contributed by atoms with E-state index in [1.54, 1.807) is 23.5 Å². The van der Waals surface area contributed by atoms with Crippen molar-refractivity contribution in [1.82, 2.24) is 21.3 Å². The van der Waals surface area contributed by atoms with Gasteiger partial charge in [0.1, 0.15) is 6.04 Å². The summed E-state index contributed by atoms with van der Waals surface area (Å²) >= 11 is 3.45. The first-order valence-electron chi connectivity index (χ1n) is 13.3. The van der Waals surface area contributed by atoms with E-state index < -0.39 is 6.04 Å². The molecule has 0 aliphatic carbocycles. The summed E-state index contributed by atoms with van der Waals surface area (Å²) in [5.74, 6) is 1.21. The number of amides is 3. The Bertz CT molecular complexity index is 932. The van der Waals surface area contributed by atoms with Crippen LogP contribution in [0.1, 0.15) is 53.4 Å². The van der Waals surface area contributed by atoms with E-state index in [-0.39, 0.29) is 37.7 Å². The predicted octanol–water partition coefficient (Wildman–Crippen LogP) is 5.47. The molecule has 228 valence electrons. The monoisotopic (exact) mass is 602 g/mol. The number of rotatable bonds is 12. The van der Waals surface area contributed by atoms with Crippen molar-refractivity contribution in [2.45, 2.75) is 59.4 Å². The summed E-state index contributed by atoms with van der Waals surface area (Å²) in [4.78, 5) is 36.4. The quantitative estimate of drug-likeness (QED) is 0.102. The first kappa shape index (κ1) is 40.2. The Kier molecular flexibility index (Phi) is 26.7. The Labute approximate surface area is 257 Å². The minimum absolute atomic E-state index is 0. The SMILES string of the molecule is C.C#C.C=CCS/C=C(/C)CC=C.CC(=O)NCNC(=O)[C@@H](C/C1=C/SC/C=C\C=C/C1)NC(=O)C1CCNCC1. The minimum atomic E-state index is -0.662. The number of thioether (sulfide) groups is 2. The molecular weight excluding hydrogens is 553 g/mol. The lowest BCUT2D eigenvalue weighted by Crippen LogP contribution is -2.51.